The molecule has 1 aromatic heterocycles. The maximum Gasteiger partial charge on any atom is 0.345 e. The van der Waals surface area contributed by atoms with Crippen LogP contribution in [0.5, 0.6) is 0 Å². The number of thiophene rings is 1. The van der Waals surface area contributed by atoms with E-state index in [2.05, 4.69) is 4.72 Å². The molecular weight excluding hydrogens is 290 g/mol. The molecule has 3 N–H and O–H groups in total. The zero-order chi connectivity index (χ0) is 14.3. The van der Waals surface area contributed by atoms with Gasteiger partial charge >= 0.3 is 5.97 Å². The lowest BCUT2D eigenvalue weighted by Gasteiger charge is -2.04. The Hall–Kier alpha value is -0.960. The van der Waals surface area contributed by atoms with Crippen molar-refractivity contribution in [2.45, 2.75) is 29.9 Å². The molecule has 0 unspecified atom stereocenters. The van der Waals surface area contributed by atoms with Crippen LogP contribution in [0, 0.1) is 0 Å². The van der Waals surface area contributed by atoms with E-state index in [1.807, 2.05) is 0 Å². The molecule has 1 heterocycles. The van der Waals surface area contributed by atoms with Gasteiger partial charge in [-0.25, -0.2) is 17.9 Å². The minimum atomic E-state index is -3.61. The number of rotatable bonds is 9. The average molecular weight is 307 g/mol. The Labute approximate surface area is 116 Å². The summed E-state index contributed by atoms with van der Waals surface area (Å²) in [7, 11) is -3.61. The van der Waals surface area contributed by atoms with E-state index in [4.69, 9.17) is 10.2 Å². The molecule has 0 spiro atoms. The van der Waals surface area contributed by atoms with E-state index in [0.29, 0.717) is 13.0 Å². The first kappa shape index (κ1) is 16.1. The Kier molecular flexibility index (Phi) is 6.43. The molecule has 19 heavy (non-hydrogen) atoms. The molecule has 108 valence electrons. The van der Waals surface area contributed by atoms with Gasteiger partial charge in [0.25, 0.3) is 0 Å². The molecule has 6 nitrogen and oxygen atoms in total. The van der Waals surface area contributed by atoms with Gasteiger partial charge < -0.3 is 10.2 Å². The number of aromatic carboxylic acids is 1. The second-order valence-electron chi connectivity index (χ2n) is 3.96. The molecule has 0 aliphatic rings. The molecule has 1 aromatic rings. The van der Waals surface area contributed by atoms with Crippen molar-refractivity contribution in [3.63, 3.8) is 0 Å². The van der Waals surface area contributed by atoms with E-state index in [-0.39, 0.29) is 15.7 Å². The minimum Gasteiger partial charge on any atom is -0.477 e. The molecule has 0 aliphatic heterocycles. The number of carboxylic acid groups (broad SMARTS) is 1. The number of hydrogen-bond donors (Lipinski definition) is 3. The lowest BCUT2D eigenvalue weighted by Crippen LogP contribution is -2.23. The highest BCUT2D eigenvalue weighted by Crippen LogP contribution is 2.21. The van der Waals surface area contributed by atoms with Crippen LogP contribution in [-0.4, -0.2) is 37.8 Å². The van der Waals surface area contributed by atoms with Crippen molar-refractivity contribution in [3.05, 3.63) is 17.0 Å². The normalized spacial score (nSPS) is 11.6. The molecule has 0 aromatic carbocycles. The molecule has 0 saturated heterocycles. The maximum atomic E-state index is 11.8. The van der Waals surface area contributed by atoms with Crippen LogP contribution < -0.4 is 4.72 Å². The Morgan fingerprint density at radius 1 is 1.21 bits per heavy atom. The zero-order valence-corrected chi connectivity index (χ0v) is 12.0. The Morgan fingerprint density at radius 2 is 1.89 bits per heavy atom. The van der Waals surface area contributed by atoms with Crippen LogP contribution in [0.1, 0.15) is 35.4 Å². The summed E-state index contributed by atoms with van der Waals surface area (Å²) in [5.41, 5.74) is 0. The van der Waals surface area contributed by atoms with Crippen molar-refractivity contribution in [2.24, 2.45) is 0 Å². The second kappa shape index (κ2) is 7.59. The van der Waals surface area contributed by atoms with Crippen LogP contribution >= 0.6 is 11.3 Å². The van der Waals surface area contributed by atoms with Gasteiger partial charge in [0.05, 0.1) is 0 Å². The number of unbranched alkanes of at least 4 members (excludes halogenated alkanes) is 3. The molecule has 1 rings (SSSR count). The summed E-state index contributed by atoms with van der Waals surface area (Å²) in [4.78, 5) is 10.7. The predicted octanol–water partition coefficient (Wildman–Crippen LogP) is 1.28. The predicted molar refractivity (Wildman–Crippen MR) is 72.0 cm³/mol. The molecule has 0 aliphatic carbocycles. The van der Waals surface area contributed by atoms with E-state index in [0.717, 1.165) is 30.6 Å². The largest absolute Gasteiger partial charge is 0.477 e. The van der Waals surface area contributed by atoms with Gasteiger partial charge in [0.2, 0.25) is 10.0 Å². The van der Waals surface area contributed by atoms with Crippen LogP contribution in [0.15, 0.2) is 16.3 Å². The van der Waals surface area contributed by atoms with Gasteiger partial charge in [-0.2, -0.15) is 0 Å². The van der Waals surface area contributed by atoms with Crippen LogP contribution in [0.2, 0.25) is 0 Å². The van der Waals surface area contributed by atoms with Crippen LogP contribution in [-0.2, 0) is 10.0 Å². The van der Waals surface area contributed by atoms with Crippen molar-refractivity contribution in [2.75, 3.05) is 13.2 Å². The fraction of sp³-hybridized carbons (Fsp3) is 0.545. The summed E-state index contributed by atoms with van der Waals surface area (Å²) in [5, 5.41) is 17.3. The molecule has 0 amide bonds. The first-order chi connectivity index (χ1) is 8.97. The van der Waals surface area contributed by atoms with E-state index >= 15 is 0 Å². The molecule has 0 radical (unpaired) electrons. The lowest BCUT2D eigenvalue weighted by molar-refractivity contribution is 0.0702. The van der Waals surface area contributed by atoms with E-state index < -0.39 is 16.0 Å². The first-order valence-corrected chi connectivity index (χ1v) is 8.21. The number of aliphatic hydroxyl groups excluding tert-OH is 1. The van der Waals surface area contributed by atoms with Gasteiger partial charge in [-0.1, -0.05) is 12.8 Å². The van der Waals surface area contributed by atoms with Crippen LogP contribution in [0.3, 0.4) is 0 Å². The van der Waals surface area contributed by atoms with Crippen molar-refractivity contribution in [1.29, 1.82) is 0 Å². The number of hydrogen-bond acceptors (Lipinski definition) is 5. The highest BCUT2D eigenvalue weighted by molar-refractivity contribution is 7.91. The fourth-order valence-electron chi connectivity index (χ4n) is 1.45. The SMILES string of the molecule is O=C(O)c1ccc(S(=O)(=O)NCCCCCCO)s1. The molecule has 0 fully saturated rings. The average Bonchev–Trinajstić information content (AvgIpc) is 2.84. The second-order valence-corrected chi connectivity index (χ2v) is 7.04. The molecule has 0 atom stereocenters. The van der Waals surface area contributed by atoms with E-state index in [1.165, 1.54) is 12.1 Å². The summed E-state index contributed by atoms with van der Waals surface area (Å²) >= 11 is 0.737. The Bertz CT molecular complexity index is 509. The van der Waals surface area contributed by atoms with Crippen LogP contribution in [0.4, 0.5) is 0 Å². The molecule has 0 bridgehead atoms. The number of aliphatic hydroxyl groups is 1. The topological polar surface area (TPSA) is 104 Å². The Balaban J connectivity index is 2.44. The van der Waals surface area contributed by atoms with Crippen molar-refractivity contribution in [3.8, 4) is 0 Å². The maximum absolute atomic E-state index is 11.8. The minimum absolute atomic E-state index is 0.00307. The summed E-state index contributed by atoms with van der Waals surface area (Å²) in [6.07, 6.45) is 3.12. The number of sulfonamides is 1. The number of nitrogens with one attached hydrogen (secondary N) is 1. The molecule has 8 heteroatoms. The van der Waals surface area contributed by atoms with Gasteiger partial charge in [0, 0.05) is 13.2 Å². The summed E-state index contributed by atoms with van der Waals surface area (Å²) in [6, 6.07) is 2.57. The number of carbonyl (C=O) groups is 1. The van der Waals surface area contributed by atoms with E-state index in [1.54, 1.807) is 0 Å². The van der Waals surface area contributed by atoms with E-state index in [9.17, 15) is 13.2 Å². The zero-order valence-electron chi connectivity index (χ0n) is 10.3. The van der Waals surface area contributed by atoms with Crippen LogP contribution in [0.25, 0.3) is 0 Å². The fourth-order valence-corrected chi connectivity index (χ4v) is 3.71. The smallest absolute Gasteiger partial charge is 0.345 e. The third kappa shape index (κ3) is 5.27. The third-order valence-electron chi connectivity index (χ3n) is 2.43. The Morgan fingerprint density at radius 3 is 2.47 bits per heavy atom. The standard InChI is InChI=1S/C11H17NO5S2/c13-8-4-2-1-3-7-12-19(16,17)10-6-5-9(18-10)11(14)15/h5-6,12-13H,1-4,7-8H2,(H,14,15). The third-order valence-corrected chi connectivity index (χ3v) is 5.46. The van der Waals surface area contributed by atoms with Gasteiger partial charge in [-0.05, 0) is 25.0 Å². The highest BCUT2D eigenvalue weighted by atomic mass is 32.2. The van der Waals surface area contributed by atoms with Gasteiger partial charge in [0.1, 0.15) is 9.09 Å². The number of carboxylic acids is 1. The molecular formula is C11H17NO5S2. The summed E-state index contributed by atoms with van der Waals surface area (Å²) in [6.45, 7) is 0.465. The van der Waals surface area contributed by atoms with Crippen molar-refractivity contribution >= 4 is 27.3 Å². The van der Waals surface area contributed by atoms with Gasteiger partial charge in [0.15, 0.2) is 0 Å². The van der Waals surface area contributed by atoms with Crippen molar-refractivity contribution < 1.29 is 23.4 Å². The van der Waals surface area contributed by atoms with Gasteiger partial charge in [-0.15, -0.1) is 11.3 Å². The lowest BCUT2D eigenvalue weighted by atomic mass is 10.2. The van der Waals surface area contributed by atoms with Gasteiger partial charge in [-0.3, -0.25) is 0 Å². The monoisotopic (exact) mass is 307 g/mol. The van der Waals surface area contributed by atoms with Crippen molar-refractivity contribution in [1.82, 2.24) is 4.72 Å². The summed E-state index contributed by atoms with van der Waals surface area (Å²) < 4.78 is 26.1. The quantitative estimate of drug-likeness (QED) is 0.596. The highest BCUT2D eigenvalue weighted by Gasteiger charge is 2.18. The first-order valence-electron chi connectivity index (χ1n) is 5.91. The molecule has 0 saturated carbocycles. The summed E-state index contributed by atoms with van der Waals surface area (Å²) in [5.74, 6) is -1.13.